The number of hydrogen-bond acceptors (Lipinski definition) is 22. The zero-order chi connectivity index (χ0) is 44.9. The average molecular weight is 933 g/mol. The quantitative estimate of drug-likeness (QED) is 0.0467. The summed E-state index contributed by atoms with van der Waals surface area (Å²) in [4.78, 5) is 71.2. The summed E-state index contributed by atoms with van der Waals surface area (Å²) in [6.07, 6.45) is -5.11. The van der Waals surface area contributed by atoms with Gasteiger partial charge in [-0.25, -0.2) is 14.5 Å². The number of phosphoric ester groups is 1. The Balaban J connectivity index is 1.06. The van der Waals surface area contributed by atoms with Crippen LogP contribution in [-0.4, -0.2) is 160 Å². The van der Waals surface area contributed by atoms with Gasteiger partial charge in [0.05, 0.1) is 78.7 Å². The lowest BCUT2D eigenvalue weighted by Gasteiger charge is -2.30. The first kappa shape index (κ1) is 46.7. The number of fused-ring (bicyclic) bond motifs is 4. The second-order valence-corrected chi connectivity index (χ2v) is 18.0. The van der Waals surface area contributed by atoms with E-state index in [9.17, 15) is 28.4 Å². The molecular weight excluding hydrogens is 882 g/mol. The van der Waals surface area contributed by atoms with E-state index in [1.54, 1.807) is 6.92 Å². The predicted octanol–water partition coefficient (Wildman–Crippen LogP) is -1.51. The summed E-state index contributed by atoms with van der Waals surface area (Å²) in [5, 5.41) is 2.82. The van der Waals surface area contributed by atoms with Gasteiger partial charge in [0, 0.05) is 25.5 Å². The molecule has 0 saturated carbocycles. The number of aromatic nitrogens is 8. The molecular formula is C33H50N12O16P2. The van der Waals surface area contributed by atoms with Crippen LogP contribution < -0.4 is 33.6 Å². The zero-order valence-corrected chi connectivity index (χ0v) is 35.9. The molecule has 28 nitrogen and oxygen atoms in total. The topological polar surface area (TPSA) is 381 Å². The maximum Gasteiger partial charge on any atom is 0.472 e. The molecule has 4 unspecified atom stereocenters. The third-order valence-corrected chi connectivity index (χ3v) is 12.3. The highest BCUT2D eigenvalue weighted by Gasteiger charge is 2.53. The molecule has 0 aromatic carbocycles. The molecule has 7 rings (SSSR count). The third kappa shape index (κ3) is 11.2. The van der Waals surface area contributed by atoms with Crippen LogP contribution in [0.5, 0.6) is 0 Å². The number of nitrogen functional groups attached to an aromatic ring is 2. The molecule has 7 heterocycles. The van der Waals surface area contributed by atoms with Crippen molar-refractivity contribution in [2.24, 2.45) is 11.7 Å². The summed E-state index contributed by atoms with van der Waals surface area (Å²) in [6.45, 7) is 4.38. The summed E-state index contributed by atoms with van der Waals surface area (Å²) in [6, 6.07) is -1.26. The first-order chi connectivity index (χ1) is 30.1. The van der Waals surface area contributed by atoms with Crippen LogP contribution in [0.25, 0.3) is 22.3 Å². The number of anilines is 2. The van der Waals surface area contributed by atoms with E-state index in [4.69, 9.17) is 63.7 Å². The number of nitrogens with one attached hydrogen (secondary N) is 3. The Hall–Kier alpha value is -4.25. The van der Waals surface area contributed by atoms with Gasteiger partial charge < -0.3 is 64.9 Å². The number of aromatic amines is 2. The first-order valence-electron chi connectivity index (χ1n) is 19.8. The number of imidazole rings is 2. The molecule has 4 aromatic rings. The van der Waals surface area contributed by atoms with Crippen LogP contribution in [0.15, 0.2) is 22.2 Å². The van der Waals surface area contributed by atoms with E-state index in [-0.39, 0.29) is 60.5 Å². The number of carbonyl (C=O) groups excluding carboxylic acids is 1. The number of nitrogens with two attached hydrogens (primary N) is 3. The molecule has 348 valence electrons. The second kappa shape index (κ2) is 20.3. The minimum Gasteiger partial charge on any atom is -0.379 e. The van der Waals surface area contributed by atoms with E-state index in [2.05, 4.69) is 35.2 Å². The van der Waals surface area contributed by atoms with Crippen molar-refractivity contribution < 1.29 is 65.3 Å². The molecule has 3 fully saturated rings. The molecule has 4 aromatic heterocycles. The number of ether oxygens (including phenoxy) is 6. The highest BCUT2D eigenvalue weighted by Crippen LogP contribution is 2.54. The smallest absolute Gasteiger partial charge is 0.379 e. The second-order valence-electron chi connectivity index (χ2n) is 14.6. The zero-order valence-electron chi connectivity index (χ0n) is 34.1. The Morgan fingerprint density at radius 3 is 1.90 bits per heavy atom. The van der Waals surface area contributed by atoms with Crippen molar-refractivity contribution in [2.75, 3.05) is 90.7 Å². The van der Waals surface area contributed by atoms with Gasteiger partial charge in [0.1, 0.15) is 36.7 Å². The van der Waals surface area contributed by atoms with E-state index in [0.717, 1.165) is 0 Å². The number of rotatable bonds is 17. The van der Waals surface area contributed by atoms with E-state index >= 15 is 0 Å². The summed E-state index contributed by atoms with van der Waals surface area (Å²) < 4.78 is 88.1. The van der Waals surface area contributed by atoms with Gasteiger partial charge in [-0.2, -0.15) is 9.97 Å². The van der Waals surface area contributed by atoms with Gasteiger partial charge in [0.25, 0.3) is 11.1 Å². The maximum atomic E-state index is 14.2. The van der Waals surface area contributed by atoms with Gasteiger partial charge in [-0.15, -0.1) is 0 Å². The normalized spacial score (nSPS) is 30.2. The van der Waals surface area contributed by atoms with E-state index in [1.165, 1.54) is 28.5 Å². The predicted molar refractivity (Wildman–Crippen MR) is 216 cm³/mol. The molecule has 0 radical (unpaired) electrons. The van der Waals surface area contributed by atoms with Gasteiger partial charge in [0.2, 0.25) is 17.8 Å². The molecule has 63 heavy (non-hydrogen) atoms. The lowest BCUT2D eigenvalue weighted by Crippen LogP contribution is -2.48. The van der Waals surface area contributed by atoms with Gasteiger partial charge >= 0.3 is 15.4 Å². The standard InChI is InChI=1S/C33H50N12O16P2/c1-17-24-18(58-30(17)44-15-37-22-26(44)40-32(35)42-28(22)47)13-56-62(2,49)60-25-19(14-57-63(50,51)61-24)59-31(45-16-38-23-27(45)41-33(36)43-29(23)48)21(25)39-20(46)3-5-52-7-9-54-11-12-55-10-8-53-6-4-34/h15-19,21,24-25,30-31H,3-14,34H2,1-2H3,(H,39,46)(H,50,51)(H3,35,40,42,47)(H3,36,41,43,48)/t17?,18-,19-,21?,24-,25+,30-,31-,62?/m1/s1. The number of amides is 1. The first-order valence-corrected chi connectivity index (χ1v) is 23.3. The number of phosphoric acid groups is 1. The van der Waals surface area contributed by atoms with E-state index < -0.39 is 94.5 Å². The summed E-state index contributed by atoms with van der Waals surface area (Å²) in [5.74, 6) is -1.75. The summed E-state index contributed by atoms with van der Waals surface area (Å²) >= 11 is 0. The number of nitrogens with zero attached hydrogens (tertiary/aromatic N) is 6. The fraction of sp³-hybridized carbons (Fsp3) is 0.667. The lowest BCUT2D eigenvalue weighted by atomic mass is 10.0. The number of H-pyrrole nitrogens is 2. The van der Waals surface area contributed by atoms with E-state index in [0.29, 0.717) is 39.6 Å². The monoisotopic (exact) mass is 932 g/mol. The summed E-state index contributed by atoms with van der Waals surface area (Å²) in [7, 11) is -9.15. The molecule has 0 aliphatic carbocycles. The number of hydrogen-bond donors (Lipinski definition) is 7. The molecule has 10 N–H and O–H groups in total. The molecule has 3 aliphatic heterocycles. The SMILES string of the molecule is CC1[C@H]2OP(=O)(O)OC[C@H]3O[C@@H](n4cnc5c(=O)[nH]c(N)nc54)C(NC(=O)CCOCCOCCOCCOCCN)[C@H]3OP(C)(=O)OC[C@H]2O[C@H]1n1cnc2c(=O)[nH]c(N)nc21. The molecule has 10 atom stereocenters. The van der Waals surface area contributed by atoms with Crippen LogP contribution in [0.2, 0.25) is 0 Å². The van der Waals surface area contributed by atoms with Crippen LogP contribution in [0, 0.1) is 5.92 Å². The Morgan fingerprint density at radius 2 is 1.32 bits per heavy atom. The van der Waals surface area contributed by atoms with Crippen molar-refractivity contribution in [3.05, 3.63) is 33.4 Å². The molecule has 30 heteroatoms. The van der Waals surface area contributed by atoms with Crippen LogP contribution in [-0.2, 0) is 60.4 Å². The van der Waals surface area contributed by atoms with Gasteiger partial charge in [-0.05, 0) is 0 Å². The Morgan fingerprint density at radius 1 is 0.810 bits per heavy atom. The minimum absolute atomic E-state index is 0.0286. The van der Waals surface area contributed by atoms with Crippen LogP contribution in [0.1, 0.15) is 25.8 Å². The van der Waals surface area contributed by atoms with Crippen molar-refractivity contribution >= 4 is 55.6 Å². The Bertz CT molecular complexity index is 2430. The van der Waals surface area contributed by atoms with Crippen LogP contribution in [0.3, 0.4) is 0 Å². The lowest BCUT2D eigenvalue weighted by molar-refractivity contribution is -0.124. The third-order valence-electron chi connectivity index (χ3n) is 10.1. The van der Waals surface area contributed by atoms with Crippen LogP contribution in [0.4, 0.5) is 11.9 Å². The highest BCUT2D eigenvalue weighted by molar-refractivity contribution is 7.53. The van der Waals surface area contributed by atoms with Gasteiger partial charge in [0.15, 0.2) is 28.6 Å². The fourth-order valence-electron chi connectivity index (χ4n) is 7.23. The molecule has 3 saturated heterocycles. The molecule has 0 spiro atoms. The molecule has 3 aliphatic rings. The van der Waals surface area contributed by atoms with Crippen molar-refractivity contribution in [3.63, 3.8) is 0 Å². The largest absolute Gasteiger partial charge is 0.472 e. The maximum absolute atomic E-state index is 14.2. The fourth-order valence-corrected chi connectivity index (χ4v) is 9.45. The number of carbonyl (C=O) groups is 1. The van der Waals surface area contributed by atoms with Crippen molar-refractivity contribution in [1.29, 1.82) is 0 Å². The molecule has 1 amide bonds. The van der Waals surface area contributed by atoms with Crippen LogP contribution >= 0.6 is 15.4 Å². The van der Waals surface area contributed by atoms with Crippen molar-refractivity contribution in [3.8, 4) is 0 Å². The Kier molecular flexibility index (Phi) is 15.0. The van der Waals surface area contributed by atoms with Gasteiger partial charge in [-0.3, -0.25) is 47.1 Å². The van der Waals surface area contributed by atoms with E-state index in [1.807, 2.05) is 0 Å². The van der Waals surface area contributed by atoms with Crippen molar-refractivity contribution in [1.82, 2.24) is 44.4 Å². The van der Waals surface area contributed by atoms with Crippen molar-refractivity contribution in [2.45, 2.75) is 56.3 Å². The van der Waals surface area contributed by atoms with Gasteiger partial charge in [-0.1, -0.05) is 6.92 Å². The Labute approximate surface area is 356 Å². The summed E-state index contributed by atoms with van der Waals surface area (Å²) in [5.41, 5.74) is 15.6. The minimum atomic E-state index is -4.99. The highest BCUT2D eigenvalue weighted by atomic mass is 31.2. The molecule has 0 bridgehead atoms. The average Bonchev–Trinajstić information content (AvgIpc) is 3.99.